The molecule has 1 aliphatic heterocycles. The first-order chi connectivity index (χ1) is 5.25. The molecule has 1 heterocycles. The molecule has 0 aliphatic carbocycles. The molecule has 0 saturated carbocycles. The molecule has 0 fully saturated rings. The minimum atomic E-state index is -0.191. The van der Waals surface area contributed by atoms with Gasteiger partial charge in [0.15, 0.2) is 11.5 Å². The molecule has 0 N–H and O–H groups in total. The van der Waals surface area contributed by atoms with Crippen LogP contribution in [-0.4, -0.2) is 6.29 Å². The average molecular weight is 171 g/mol. The lowest BCUT2D eigenvalue weighted by atomic mass is 10.3. The number of ether oxygens (including phenoxy) is 2. The Hall–Kier alpha value is -0.890. The molecule has 2 rings (SSSR count). The molecule has 58 valence electrons. The van der Waals surface area contributed by atoms with Crippen LogP contribution in [0.25, 0.3) is 0 Å². The molecule has 0 aromatic heterocycles. The first-order valence-corrected chi connectivity index (χ1v) is 3.76. The Kier molecular flexibility index (Phi) is 1.43. The predicted molar refractivity (Wildman–Crippen MR) is 42.2 cm³/mol. The van der Waals surface area contributed by atoms with Crippen molar-refractivity contribution in [2.45, 2.75) is 13.2 Å². The van der Waals surface area contributed by atoms with Crippen molar-refractivity contribution in [3.8, 4) is 11.5 Å². The third kappa shape index (κ3) is 1.14. The Morgan fingerprint density at radius 2 is 2.00 bits per heavy atom. The van der Waals surface area contributed by atoms with Gasteiger partial charge in [0.25, 0.3) is 0 Å². The van der Waals surface area contributed by atoms with Crippen LogP contribution in [0.1, 0.15) is 6.92 Å². The predicted octanol–water partition coefficient (Wildman–Crippen LogP) is 2.46. The van der Waals surface area contributed by atoms with E-state index in [1.54, 1.807) is 18.2 Å². The summed E-state index contributed by atoms with van der Waals surface area (Å²) in [7, 11) is 0. The molecule has 3 heteroatoms. The fourth-order valence-corrected chi connectivity index (χ4v) is 1.22. The van der Waals surface area contributed by atoms with Crippen LogP contribution in [-0.2, 0) is 0 Å². The van der Waals surface area contributed by atoms with E-state index in [1.165, 1.54) is 0 Å². The second-order valence-corrected chi connectivity index (χ2v) is 2.83. The molecule has 0 saturated heterocycles. The average Bonchev–Trinajstić information content (AvgIpc) is 2.27. The molecular weight excluding hydrogens is 164 g/mol. The molecule has 1 unspecified atom stereocenters. The van der Waals surface area contributed by atoms with E-state index in [-0.39, 0.29) is 6.29 Å². The summed E-state index contributed by atoms with van der Waals surface area (Å²) in [6.45, 7) is 1.84. The standard InChI is InChI=1S/C8H7ClO2/c1-5-10-7-3-2-6(9)4-8(7)11-5/h2-5H,1H3. The normalized spacial score (nSPS) is 20.4. The van der Waals surface area contributed by atoms with Crippen LogP contribution in [0.4, 0.5) is 0 Å². The first-order valence-electron chi connectivity index (χ1n) is 3.38. The molecule has 0 spiro atoms. The van der Waals surface area contributed by atoms with E-state index in [4.69, 9.17) is 21.1 Å². The lowest BCUT2D eigenvalue weighted by Crippen LogP contribution is -2.11. The molecule has 11 heavy (non-hydrogen) atoms. The quantitative estimate of drug-likeness (QED) is 0.596. The van der Waals surface area contributed by atoms with Gasteiger partial charge in [0.2, 0.25) is 6.29 Å². The van der Waals surface area contributed by atoms with E-state index >= 15 is 0 Å². The van der Waals surface area contributed by atoms with E-state index < -0.39 is 0 Å². The van der Waals surface area contributed by atoms with Gasteiger partial charge in [0.1, 0.15) is 0 Å². The molecular formula is C8H7ClO2. The zero-order chi connectivity index (χ0) is 7.84. The fourth-order valence-electron chi connectivity index (χ4n) is 1.05. The topological polar surface area (TPSA) is 18.5 Å². The third-order valence-electron chi connectivity index (χ3n) is 1.49. The maximum absolute atomic E-state index is 5.74. The van der Waals surface area contributed by atoms with E-state index in [0.29, 0.717) is 5.02 Å². The van der Waals surface area contributed by atoms with Gasteiger partial charge in [0, 0.05) is 18.0 Å². The van der Waals surface area contributed by atoms with Gasteiger partial charge in [-0.25, -0.2) is 0 Å². The van der Waals surface area contributed by atoms with Gasteiger partial charge in [-0.3, -0.25) is 0 Å². The van der Waals surface area contributed by atoms with E-state index in [1.807, 2.05) is 6.92 Å². The van der Waals surface area contributed by atoms with Gasteiger partial charge in [-0.2, -0.15) is 0 Å². The molecule has 1 aliphatic rings. The fraction of sp³-hybridized carbons (Fsp3) is 0.250. The Morgan fingerprint density at radius 1 is 1.27 bits per heavy atom. The molecule has 2 nitrogen and oxygen atoms in total. The number of benzene rings is 1. The van der Waals surface area contributed by atoms with E-state index in [0.717, 1.165) is 11.5 Å². The summed E-state index contributed by atoms with van der Waals surface area (Å²) < 4.78 is 10.6. The lowest BCUT2D eigenvalue weighted by Gasteiger charge is -1.99. The first kappa shape index (κ1) is 6.80. The van der Waals surface area contributed by atoms with Gasteiger partial charge in [0.05, 0.1) is 0 Å². The van der Waals surface area contributed by atoms with Gasteiger partial charge in [-0.05, 0) is 12.1 Å². The highest BCUT2D eigenvalue weighted by Gasteiger charge is 2.19. The monoisotopic (exact) mass is 170 g/mol. The molecule has 0 radical (unpaired) electrons. The van der Waals surface area contributed by atoms with Crippen molar-refractivity contribution in [2.24, 2.45) is 0 Å². The Bertz CT molecular complexity index is 285. The van der Waals surface area contributed by atoms with Crippen molar-refractivity contribution < 1.29 is 9.47 Å². The largest absolute Gasteiger partial charge is 0.451 e. The van der Waals surface area contributed by atoms with E-state index in [9.17, 15) is 0 Å². The van der Waals surface area contributed by atoms with Gasteiger partial charge >= 0.3 is 0 Å². The second-order valence-electron chi connectivity index (χ2n) is 2.39. The van der Waals surface area contributed by atoms with Crippen LogP contribution in [0.3, 0.4) is 0 Å². The van der Waals surface area contributed by atoms with E-state index in [2.05, 4.69) is 0 Å². The highest BCUT2D eigenvalue weighted by atomic mass is 35.5. The smallest absolute Gasteiger partial charge is 0.238 e. The van der Waals surface area contributed by atoms with Crippen LogP contribution in [0, 0.1) is 0 Å². The molecule has 0 bridgehead atoms. The maximum Gasteiger partial charge on any atom is 0.238 e. The number of fused-ring (bicyclic) bond motifs is 1. The van der Waals surface area contributed by atoms with Crippen LogP contribution in [0.2, 0.25) is 5.02 Å². The zero-order valence-corrected chi connectivity index (χ0v) is 6.76. The highest BCUT2D eigenvalue weighted by Crippen LogP contribution is 2.36. The zero-order valence-electron chi connectivity index (χ0n) is 6.00. The SMILES string of the molecule is CC1Oc2ccc(Cl)cc2O1. The number of hydrogen-bond donors (Lipinski definition) is 0. The number of halogens is 1. The maximum atomic E-state index is 5.74. The van der Waals surface area contributed by atoms with Crippen LogP contribution < -0.4 is 9.47 Å². The van der Waals surface area contributed by atoms with Crippen molar-refractivity contribution >= 4 is 11.6 Å². The van der Waals surface area contributed by atoms with Crippen molar-refractivity contribution in [2.75, 3.05) is 0 Å². The van der Waals surface area contributed by atoms with Gasteiger partial charge in [-0.1, -0.05) is 11.6 Å². The summed E-state index contributed by atoms with van der Waals surface area (Å²) in [5.74, 6) is 1.49. The van der Waals surface area contributed by atoms with Crippen LogP contribution in [0.5, 0.6) is 11.5 Å². The summed E-state index contributed by atoms with van der Waals surface area (Å²) in [5, 5.41) is 0.668. The number of rotatable bonds is 0. The minimum Gasteiger partial charge on any atom is -0.451 e. The van der Waals surface area contributed by atoms with Crippen molar-refractivity contribution in [3.05, 3.63) is 23.2 Å². The van der Waals surface area contributed by atoms with Crippen LogP contribution >= 0.6 is 11.6 Å². The molecule has 1 aromatic rings. The minimum absolute atomic E-state index is 0.191. The van der Waals surface area contributed by atoms with Crippen molar-refractivity contribution in [1.29, 1.82) is 0 Å². The van der Waals surface area contributed by atoms with Crippen molar-refractivity contribution in [1.82, 2.24) is 0 Å². The van der Waals surface area contributed by atoms with Crippen molar-refractivity contribution in [3.63, 3.8) is 0 Å². The molecule has 1 aromatic carbocycles. The Morgan fingerprint density at radius 3 is 2.82 bits per heavy atom. The third-order valence-corrected chi connectivity index (χ3v) is 1.73. The second kappa shape index (κ2) is 2.31. The van der Waals surface area contributed by atoms with Gasteiger partial charge in [-0.15, -0.1) is 0 Å². The Balaban J connectivity index is 2.43. The summed E-state index contributed by atoms with van der Waals surface area (Å²) in [6, 6.07) is 5.34. The highest BCUT2D eigenvalue weighted by molar-refractivity contribution is 6.30. The van der Waals surface area contributed by atoms with Gasteiger partial charge < -0.3 is 9.47 Å². The van der Waals surface area contributed by atoms with Crippen LogP contribution in [0.15, 0.2) is 18.2 Å². The Labute approximate surface area is 69.7 Å². The lowest BCUT2D eigenvalue weighted by molar-refractivity contribution is 0.0678. The summed E-state index contributed by atoms with van der Waals surface area (Å²) in [4.78, 5) is 0. The number of hydrogen-bond acceptors (Lipinski definition) is 2. The summed E-state index contributed by atoms with van der Waals surface area (Å²) >= 11 is 5.74. The molecule has 1 atom stereocenters. The summed E-state index contributed by atoms with van der Waals surface area (Å²) in [6.07, 6.45) is -0.191. The molecule has 0 amide bonds. The summed E-state index contributed by atoms with van der Waals surface area (Å²) in [5.41, 5.74) is 0.